The van der Waals surface area contributed by atoms with E-state index >= 15 is 0 Å². The Bertz CT molecular complexity index is 379. The van der Waals surface area contributed by atoms with Gasteiger partial charge in [0.15, 0.2) is 0 Å². The molecule has 0 radical (unpaired) electrons. The summed E-state index contributed by atoms with van der Waals surface area (Å²) in [6.45, 7) is 5.56. The van der Waals surface area contributed by atoms with E-state index in [9.17, 15) is 8.60 Å². The SMILES string of the molecule is CC(C)(C)[S@@](=O)N=Cc1ccc(F)cc1. The van der Waals surface area contributed by atoms with Gasteiger partial charge in [0.2, 0.25) is 0 Å². The molecule has 1 aromatic rings. The molecule has 0 heterocycles. The molecule has 0 aliphatic rings. The van der Waals surface area contributed by atoms with Crippen LogP contribution in [0.4, 0.5) is 4.39 Å². The Morgan fingerprint density at radius 2 is 1.80 bits per heavy atom. The van der Waals surface area contributed by atoms with E-state index in [-0.39, 0.29) is 10.6 Å². The first-order chi connectivity index (χ1) is 6.89. The van der Waals surface area contributed by atoms with Crippen molar-refractivity contribution in [3.63, 3.8) is 0 Å². The second-order valence-electron chi connectivity index (χ2n) is 4.15. The molecule has 0 aromatic heterocycles. The molecule has 0 unspecified atom stereocenters. The highest BCUT2D eigenvalue weighted by Gasteiger charge is 2.17. The molecule has 4 heteroatoms. The highest BCUT2D eigenvalue weighted by atomic mass is 32.2. The lowest BCUT2D eigenvalue weighted by molar-refractivity contribution is 0.628. The van der Waals surface area contributed by atoms with E-state index < -0.39 is 11.0 Å². The first kappa shape index (κ1) is 12.0. The summed E-state index contributed by atoms with van der Waals surface area (Å²) in [6.07, 6.45) is 1.50. The van der Waals surface area contributed by atoms with E-state index in [4.69, 9.17) is 0 Å². The first-order valence-electron chi connectivity index (χ1n) is 4.61. The summed E-state index contributed by atoms with van der Waals surface area (Å²) in [5, 5.41) is 0. The fourth-order valence-corrected chi connectivity index (χ4v) is 1.35. The van der Waals surface area contributed by atoms with Gasteiger partial charge in [-0.3, -0.25) is 0 Å². The maximum Gasteiger partial charge on any atom is 0.144 e. The molecule has 0 amide bonds. The van der Waals surface area contributed by atoms with Crippen LogP contribution in [0.2, 0.25) is 0 Å². The van der Waals surface area contributed by atoms with Gasteiger partial charge in [0.25, 0.3) is 0 Å². The van der Waals surface area contributed by atoms with Crippen molar-refractivity contribution in [2.24, 2.45) is 4.40 Å². The number of nitrogens with zero attached hydrogens (tertiary/aromatic N) is 1. The Labute approximate surface area is 91.8 Å². The minimum absolute atomic E-state index is 0.288. The van der Waals surface area contributed by atoms with Crippen LogP contribution in [-0.2, 0) is 11.0 Å². The van der Waals surface area contributed by atoms with Gasteiger partial charge in [-0.1, -0.05) is 12.1 Å². The maximum absolute atomic E-state index is 12.6. The Kier molecular flexibility index (Phi) is 3.74. The molecule has 0 aliphatic heterocycles. The predicted molar refractivity (Wildman–Crippen MR) is 61.9 cm³/mol. The van der Waals surface area contributed by atoms with Crippen LogP contribution in [0.5, 0.6) is 0 Å². The Morgan fingerprint density at radius 1 is 1.27 bits per heavy atom. The smallest absolute Gasteiger partial charge is 0.144 e. The van der Waals surface area contributed by atoms with Crippen LogP contribution in [0.25, 0.3) is 0 Å². The van der Waals surface area contributed by atoms with Crippen LogP contribution < -0.4 is 0 Å². The third-order valence-electron chi connectivity index (χ3n) is 1.69. The van der Waals surface area contributed by atoms with Crippen molar-refractivity contribution in [3.8, 4) is 0 Å². The molecule has 1 atom stereocenters. The van der Waals surface area contributed by atoms with E-state index in [0.717, 1.165) is 5.56 Å². The van der Waals surface area contributed by atoms with Crippen LogP contribution in [0.3, 0.4) is 0 Å². The summed E-state index contributed by atoms with van der Waals surface area (Å²) >= 11 is 0. The second kappa shape index (κ2) is 4.66. The zero-order chi connectivity index (χ0) is 11.5. The highest BCUT2D eigenvalue weighted by Crippen LogP contribution is 2.12. The van der Waals surface area contributed by atoms with Crippen molar-refractivity contribution in [2.45, 2.75) is 25.5 Å². The number of hydrogen-bond donors (Lipinski definition) is 0. The average molecular weight is 227 g/mol. The van der Waals surface area contributed by atoms with Crippen molar-refractivity contribution < 1.29 is 8.60 Å². The number of hydrogen-bond acceptors (Lipinski definition) is 1. The van der Waals surface area contributed by atoms with Crippen LogP contribution in [0, 0.1) is 5.82 Å². The second-order valence-corrected chi connectivity index (χ2v) is 6.08. The van der Waals surface area contributed by atoms with Gasteiger partial charge < -0.3 is 0 Å². The van der Waals surface area contributed by atoms with E-state index in [2.05, 4.69) is 4.40 Å². The number of rotatable bonds is 2. The van der Waals surface area contributed by atoms with Gasteiger partial charge in [-0.25, -0.2) is 8.60 Å². The molecule has 0 saturated carbocycles. The third-order valence-corrected chi connectivity index (χ3v) is 3.04. The molecule has 82 valence electrons. The standard InChI is InChI=1S/C11H14FNOS/c1-11(2,3)15(14)13-8-9-4-6-10(12)7-5-9/h4-8H,1-3H3/t15-/m1/s1. The molecule has 0 saturated heterocycles. The predicted octanol–water partition coefficient (Wildman–Crippen LogP) is 2.71. The van der Waals surface area contributed by atoms with Gasteiger partial charge in [-0.05, 0) is 38.5 Å². The van der Waals surface area contributed by atoms with Gasteiger partial charge in [0, 0.05) is 6.21 Å². The maximum atomic E-state index is 12.6. The Hall–Kier alpha value is -1.03. The summed E-state index contributed by atoms with van der Waals surface area (Å²) < 4.78 is 27.7. The van der Waals surface area contributed by atoms with E-state index in [1.165, 1.54) is 18.3 Å². The van der Waals surface area contributed by atoms with Gasteiger partial charge in [-0.15, -0.1) is 0 Å². The lowest BCUT2D eigenvalue weighted by Gasteiger charge is -2.12. The zero-order valence-electron chi connectivity index (χ0n) is 9.03. The summed E-state index contributed by atoms with van der Waals surface area (Å²) in [6, 6.07) is 5.89. The lowest BCUT2D eigenvalue weighted by atomic mass is 10.2. The topological polar surface area (TPSA) is 29.4 Å². The number of benzene rings is 1. The molecule has 15 heavy (non-hydrogen) atoms. The molecule has 0 N–H and O–H groups in total. The molecule has 0 spiro atoms. The molecule has 2 nitrogen and oxygen atoms in total. The van der Waals surface area contributed by atoms with Gasteiger partial charge in [0.1, 0.15) is 16.8 Å². The summed E-state index contributed by atoms with van der Waals surface area (Å²) in [7, 11) is -1.27. The summed E-state index contributed by atoms with van der Waals surface area (Å²) in [5.74, 6) is -0.288. The van der Waals surface area contributed by atoms with Crippen molar-refractivity contribution in [3.05, 3.63) is 35.6 Å². The van der Waals surface area contributed by atoms with E-state index in [1.54, 1.807) is 12.1 Å². The monoisotopic (exact) mass is 227 g/mol. The Morgan fingerprint density at radius 3 is 2.27 bits per heavy atom. The van der Waals surface area contributed by atoms with Crippen LogP contribution in [-0.4, -0.2) is 15.2 Å². The van der Waals surface area contributed by atoms with Gasteiger partial charge in [0.05, 0.1) is 4.75 Å². The van der Waals surface area contributed by atoms with Gasteiger partial charge in [-0.2, -0.15) is 4.40 Å². The number of halogens is 1. The first-order valence-corrected chi connectivity index (χ1v) is 5.72. The summed E-state index contributed by atoms with van der Waals surface area (Å²) in [4.78, 5) is 0. The minimum Gasteiger partial charge on any atom is -0.234 e. The highest BCUT2D eigenvalue weighted by molar-refractivity contribution is 7.85. The Balaban J connectivity index is 2.74. The van der Waals surface area contributed by atoms with Crippen LogP contribution in [0.15, 0.2) is 28.7 Å². The zero-order valence-corrected chi connectivity index (χ0v) is 9.84. The van der Waals surface area contributed by atoms with E-state index in [0.29, 0.717) is 0 Å². The van der Waals surface area contributed by atoms with Crippen molar-refractivity contribution in [1.82, 2.24) is 0 Å². The molecule has 0 bridgehead atoms. The van der Waals surface area contributed by atoms with Crippen LogP contribution >= 0.6 is 0 Å². The molecule has 1 aromatic carbocycles. The molecule has 1 rings (SSSR count). The molecular weight excluding hydrogens is 213 g/mol. The largest absolute Gasteiger partial charge is 0.234 e. The molecule has 0 aliphatic carbocycles. The fraction of sp³-hybridized carbons (Fsp3) is 0.364. The van der Waals surface area contributed by atoms with Gasteiger partial charge >= 0.3 is 0 Å². The van der Waals surface area contributed by atoms with Crippen LogP contribution in [0.1, 0.15) is 26.3 Å². The average Bonchev–Trinajstić information content (AvgIpc) is 2.15. The summed E-state index contributed by atoms with van der Waals surface area (Å²) in [5.41, 5.74) is 0.744. The van der Waals surface area contributed by atoms with Crippen molar-refractivity contribution in [2.75, 3.05) is 0 Å². The van der Waals surface area contributed by atoms with E-state index in [1.807, 2.05) is 20.8 Å². The quantitative estimate of drug-likeness (QED) is 0.714. The molecular formula is C11H14FNOS. The minimum atomic E-state index is -1.27. The normalized spacial score (nSPS) is 14.4. The lowest BCUT2D eigenvalue weighted by Crippen LogP contribution is -2.19. The van der Waals surface area contributed by atoms with Crippen molar-refractivity contribution >= 4 is 17.2 Å². The van der Waals surface area contributed by atoms with Crippen molar-refractivity contribution in [1.29, 1.82) is 0 Å². The third kappa shape index (κ3) is 3.91. The molecule has 0 fully saturated rings. The fourth-order valence-electron chi connectivity index (χ4n) is 0.816.